The SMILES string of the molecule is CC(C)NC(=O)CCNc1ncnc(Cl)c1[N+](=O)[O-]. The molecule has 0 aliphatic rings. The second-order valence-corrected chi connectivity index (χ2v) is 4.38. The molecule has 0 aliphatic carbocycles. The van der Waals surface area contributed by atoms with E-state index in [1.165, 1.54) is 0 Å². The molecule has 0 fully saturated rings. The smallest absolute Gasteiger partial charge is 0.348 e. The number of hydrogen-bond acceptors (Lipinski definition) is 6. The lowest BCUT2D eigenvalue weighted by Gasteiger charge is -2.09. The number of halogens is 1. The molecule has 1 aromatic rings. The van der Waals surface area contributed by atoms with Gasteiger partial charge in [-0.15, -0.1) is 0 Å². The fourth-order valence-corrected chi connectivity index (χ4v) is 1.54. The average Bonchev–Trinajstić information content (AvgIpc) is 2.27. The predicted octanol–water partition coefficient (Wildman–Crippen LogP) is 1.36. The second-order valence-electron chi connectivity index (χ2n) is 4.02. The summed E-state index contributed by atoms with van der Waals surface area (Å²) in [7, 11) is 0. The minimum Gasteiger partial charge on any atom is -0.364 e. The van der Waals surface area contributed by atoms with Crippen LogP contribution in [0.3, 0.4) is 0 Å². The van der Waals surface area contributed by atoms with Gasteiger partial charge < -0.3 is 10.6 Å². The highest BCUT2D eigenvalue weighted by atomic mass is 35.5. The first kappa shape index (κ1) is 15.1. The van der Waals surface area contributed by atoms with Crippen LogP contribution in [0.25, 0.3) is 0 Å². The summed E-state index contributed by atoms with van der Waals surface area (Å²) in [6, 6.07) is 0.0512. The molecule has 0 unspecified atom stereocenters. The minimum absolute atomic E-state index is 0.00217. The lowest BCUT2D eigenvalue weighted by atomic mass is 10.3. The summed E-state index contributed by atoms with van der Waals surface area (Å²) in [5, 5.41) is 16.0. The fraction of sp³-hybridized carbons (Fsp3) is 0.500. The summed E-state index contributed by atoms with van der Waals surface area (Å²) < 4.78 is 0. The Bertz CT molecular complexity index is 480. The van der Waals surface area contributed by atoms with Gasteiger partial charge in [0.25, 0.3) is 0 Å². The zero-order chi connectivity index (χ0) is 14.4. The van der Waals surface area contributed by atoms with Crippen molar-refractivity contribution in [1.82, 2.24) is 15.3 Å². The number of carbonyl (C=O) groups is 1. The largest absolute Gasteiger partial charge is 0.364 e. The van der Waals surface area contributed by atoms with Crippen LogP contribution in [-0.4, -0.2) is 33.4 Å². The Hall–Kier alpha value is -1.96. The molecule has 1 rings (SSSR count). The molecular formula is C10H14ClN5O3. The highest BCUT2D eigenvalue weighted by Crippen LogP contribution is 2.27. The van der Waals surface area contributed by atoms with Gasteiger partial charge in [0.05, 0.1) is 4.92 Å². The molecule has 19 heavy (non-hydrogen) atoms. The molecule has 0 atom stereocenters. The summed E-state index contributed by atoms with van der Waals surface area (Å²) in [5.41, 5.74) is -0.395. The number of aromatic nitrogens is 2. The molecule has 0 radical (unpaired) electrons. The van der Waals surface area contributed by atoms with Crippen molar-refractivity contribution in [2.24, 2.45) is 0 Å². The number of nitrogens with zero attached hydrogens (tertiary/aromatic N) is 3. The van der Waals surface area contributed by atoms with E-state index in [-0.39, 0.29) is 35.9 Å². The van der Waals surface area contributed by atoms with Crippen LogP contribution in [0.15, 0.2) is 6.33 Å². The fourth-order valence-electron chi connectivity index (χ4n) is 1.34. The maximum absolute atomic E-state index is 11.4. The Morgan fingerprint density at radius 2 is 2.21 bits per heavy atom. The van der Waals surface area contributed by atoms with Gasteiger partial charge in [-0.3, -0.25) is 14.9 Å². The highest BCUT2D eigenvalue weighted by molar-refractivity contribution is 6.31. The van der Waals surface area contributed by atoms with E-state index in [0.717, 1.165) is 6.33 Å². The van der Waals surface area contributed by atoms with Crippen molar-refractivity contribution in [3.05, 3.63) is 21.6 Å². The van der Waals surface area contributed by atoms with Gasteiger partial charge in [0, 0.05) is 19.0 Å². The van der Waals surface area contributed by atoms with Crippen LogP contribution in [0, 0.1) is 10.1 Å². The standard InChI is InChI=1S/C10H14ClN5O3/c1-6(2)15-7(17)3-4-12-10-8(16(18)19)9(11)13-5-14-10/h5-6H,3-4H2,1-2H3,(H,15,17)(H,12,13,14). The summed E-state index contributed by atoms with van der Waals surface area (Å²) in [4.78, 5) is 28.8. The molecule has 1 amide bonds. The number of anilines is 1. The number of nitrogens with one attached hydrogen (secondary N) is 2. The van der Waals surface area contributed by atoms with Crippen LogP contribution >= 0.6 is 11.6 Å². The van der Waals surface area contributed by atoms with Gasteiger partial charge in [0.1, 0.15) is 6.33 Å². The zero-order valence-corrected chi connectivity index (χ0v) is 11.3. The molecule has 0 bridgehead atoms. The van der Waals surface area contributed by atoms with Crippen molar-refractivity contribution in [2.75, 3.05) is 11.9 Å². The summed E-state index contributed by atoms with van der Waals surface area (Å²) in [6.07, 6.45) is 1.29. The van der Waals surface area contributed by atoms with Crippen LogP contribution in [0.2, 0.25) is 5.15 Å². The Labute approximate surface area is 114 Å². The molecular weight excluding hydrogens is 274 g/mol. The van der Waals surface area contributed by atoms with E-state index in [1.807, 2.05) is 13.8 Å². The van der Waals surface area contributed by atoms with Crippen molar-refractivity contribution in [2.45, 2.75) is 26.3 Å². The Balaban J connectivity index is 2.61. The molecule has 104 valence electrons. The molecule has 9 heteroatoms. The van der Waals surface area contributed by atoms with E-state index in [1.54, 1.807) is 0 Å². The number of nitro groups is 1. The molecule has 8 nitrogen and oxygen atoms in total. The monoisotopic (exact) mass is 287 g/mol. The summed E-state index contributed by atoms with van der Waals surface area (Å²) in [6.45, 7) is 3.91. The molecule has 0 spiro atoms. The number of amides is 1. The first-order valence-corrected chi connectivity index (χ1v) is 5.97. The summed E-state index contributed by atoms with van der Waals surface area (Å²) in [5.74, 6) is -0.146. The van der Waals surface area contributed by atoms with Gasteiger partial charge >= 0.3 is 5.69 Å². The van der Waals surface area contributed by atoms with Crippen LogP contribution < -0.4 is 10.6 Å². The van der Waals surface area contributed by atoms with E-state index < -0.39 is 10.6 Å². The molecule has 0 saturated carbocycles. The molecule has 1 heterocycles. The van der Waals surface area contributed by atoms with Crippen LogP contribution in [0.5, 0.6) is 0 Å². The molecule has 0 aliphatic heterocycles. The minimum atomic E-state index is -0.668. The van der Waals surface area contributed by atoms with Gasteiger partial charge in [-0.05, 0) is 13.8 Å². The topological polar surface area (TPSA) is 110 Å². The molecule has 0 saturated heterocycles. The van der Waals surface area contributed by atoms with Crippen molar-refractivity contribution in [3.8, 4) is 0 Å². The van der Waals surface area contributed by atoms with Crippen LogP contribution in [-0.2, 0) is 4.79 Å². The Morgan fingerprint density at radius 1 is 1.53 bits per heavy atom. The summed E-state index contributed by atoms with van der Waals surface area (Å²) >= 11 is 5.62. The van der Waals surface area contributed by atoms with E-state index in [9.17, 15) is 14.9 Å². The van der Waals surface area contributed by atoms with Crippen LogP contribution in [0.4, 0.5) is 11.5 Å². The van der Waals surface area contributed by atoms with Gasteiger partial charge in [0.15, 0.2) is 0 Å². The molecule has 0 aromatic carbocycles. The first-order valence-electron chi connectivity index (χ1n) is 5.60. The maximum Gasteiger partial charge on any atom is 0.348 e. The van der Waals surface area contributed by atoms with Crippen molar-refractivity contribution < 1.29 is 9.72 Å². The Morgan fingerprint density at radius 3 is 2.79 bits per heavy atom. The van der Waals surface area contributed by atoms with E-state index in [0.29, 0.717) is 0 Å². The van der Waals surface area contributed by atoms with Crippen molar-refractivity contribution >= 4 is 29.0 Å². The number of rotatable bonds is 6. The highest BCUT2D eigenvalue weighted by Gasteiger charge is 2.21. The molecule has 1 aromatic heterocycles. The maximum atomic E-state index is 11.4. The third-order valence-corrected chi connectivity index (χ3v) is 2.33. The first-order chi connectivity index (χ1) is 8.91. The van der Waals surface area contributed by atoms with Gasteiger partial charge in [-0.1, -0.05) is 11.6 Å². The van der Waals surface area contributed by atoms with Crippen LogP contribution in [0.1, 0.15) is 20.3 Å². The zero-order valence-electron chi connectivity index (χ0n) is 10.5. The third kappa shape index (κ3) is 4.66. The van der Waals surface area contributed by atoms with E-state index in [2.05, 4.69) is 20.6 Å². The lowest BCUT2D eigenvalue weighted by Crippen LogP contribution is -2.31. The third-order valence-electron chi connectivity index (χ3n) is 2.05. The Kier molecular flexibility index (Phi) is 5.43. The normalized spacial score (nSPS) is 10.3. The van der Waals surface area contributed by atoms with E-state index >= 15 is 0 Å². The second kappa shape index (κ2) is 6.83. The van der Waals surface area contributed by atoms with Gasteiger partial charge in [-0.25, -0.2) is 9.97 Å². The number of hydrogen-bond donors (Lipinski definition) is 2. The van der Waals surface area contributed by atoms with Crippen molar-refractivity contribution in [3.63, 3.8) is 0 Å². The van der Waals surface area contributed by atoms with Gasteiger partial charge in [-0.2, -0.15) is 0 Å². The number of carbonyl (C=O) groups excluding carboxylic acids is 1. The van der Waals surface area contributed by atoms with Gasteiger partial charge in [0.2, 0.25) is 16.9 Å². The predicted molar refractivity (Wildman–Crippen MR) is 70.1 cm³/mol. The van der Waals surface area contributed by atoms with Crippen molar-refractivity contribution in [1.29, 1.82) is 0 Å². The molecule has 2 N–H and O–H groups in total. The lowest BCUT2D eigenvalue weighted by molar-refractivity contribution is -0.384. The quantitative estimate of drug-likeness (QED) is 0.464. The average molecular weight is 288 g/mol. The van der Waals surface area contributed by atoms with E-state index in [4.69, 9.17) is 11.6 Å².